The van der Waals surface area contributed by atoms with E-state index in [4.69, 9.17) is 0 Å². The molecule has 44 heavy (non-hydrogen) atoms. The Hall–Kier alpha value is -1.13. The number of halogens is 6. The first kappa shape index (κ1) is 34.2. The van der Waals surface area contributed by atoms with Crippen molar-refractivity contribution in [3.8, 4) is 5.75 Å². The summed E-state index contributed by atoms with van der Waals surface area (Å²) >= 11 is 1.50. The summed E-state index contributed by atoms with van der Waals surface area (Å²) in [5.74, 6) is -3.50. The van der Waals surface area contributed by atoms with Crippen LogP contribution in [-0.4, -0.2) is 69.6 Å². The molecule has 1 aliphatic heterocycles. The summed E-state index contributed by atoms with van der Waals surface area (Å²) in [6.07, 6.45) is 0.792. The Morgan fingerprint density at radius 1 is 1.07 bits per heavy atom. The molecule has 9 atom stereocenters. The fourth-order valence-electron chi connectivity index (χ4n) is 9.41. The summed E-state index contributed by atoms with van der Waals surface area (Å²) in [5, 5.41) is 21.2. The molecule has 1 heterocycles. The quantitative estimate of drug-likeness (QED) is 0.175. The van der Waals surface area contributed by atoms with E-state index in [9.17, 15) is 32.2 Å². The smallest absolute Gasteiger partial charge is 0.453 e. The van der Waals surface area contributed by atoms with E-state index in [0.717, 1.165) is 82.0 Å². The number of hydrogen-bond donors (Lipinski definition) is 2. The minimum Gasteiger partial charge on any atom is -0.508 e. The Kier molecular flexibility index (Phi) is 10.5. The number of benzene rings is 1. The first-order chi connectivity index (χ1) is 20.7. The van der Waals surface area contributed by atoms with Crippen LogP contribution in [-0.2, 0) is 6.42 Å². The van der Waals surface area contributed by atoms with Crippen LogP contribution in [0.25, 0.3) is 0 Å². The maximum atomic E-state index is 16.0. The molecule has 2 unspecified atom stereocenters. The van der Waals surface area contributed by atoms with Crippen molar-refractivity contribution in [2.75, 3.05) is 18.8 Å². The molecule has 1 aromatic rings. The normalized spacial score (nSPS) is 34.9. The van der Waals surface area contributed by atoms with Crippen LogP contribution in [0, 0.1) is 23.2 Å². The summed E-state index contributed by atoms with van der Waals surface area (Å²) in [6, 6.07) is 5.72. The van der Waals surface area contributed by atoms with Crippen LogP contribution in [0.3, 0.4) is 0 Å². The number of fused-ring (bicyclic) bond motifs is 5. The van der Waals surface area contributed by atoms with Crippen LogP contribution in [0.4, 0.5) is 26.3 Å². The number of thioether (sulfide) groups is 1. The molecule has 2 saturated carbocycles. The highest BCUT2D eigenvalue weighted by Crippen LogP contribution is 2.63. The number of phenols is 1. The molecule has 0 amide bonds. The van der Waals surface area contributed by atoms with E-state index in [1.54, 1.807) is 6.07 Å². The number of aliphatic hydroxyl groups is 1. The van der Waals surface area contributed by atoms with Gasteiger partial charge in [0.25, 0.3) is 0 Å². The Morgan fingerprint density at radius 2 is 1.84 bits per heavy atom. The lowest BCUT2D eigenvalue weighted by molar-refractivity contribution is -0.284. The van der Waals surface area contributed by atoms with Gasteiger partial charge >= 0.3 is 12.1 Å². The van der Waals surface area contributed by atoms with Crippen LogP contribution in [0.5, 0.6) is 5.75 Å². The Labute approximate surface area is 262 Å². The number of alkyl halides is 6. The van der Waals surface area contributed by atoms with Gasteiger partial charge in [0.15, 0.2) is 0 Å². The van der Waals surface area contributed by atoms with E-state index in [0.29, 0.717) is 30.1 Å². The van der Waals surface area contributed by atoms with Crippen LogP contribution >= 0.6 is 11.8 Å². The van der Waals surface area contributed by atoms with Gasteiger partial charge in [0.1, 0.15) is 11.9 Å². The minimum absolute atomic E-state index is 0.163. The van der Waals surface area contributed by atoms with Crippen molar-refractivity contribution in [3.05, 3.63) is 29.3 Å². The van der Waals surface area contributed by atoms with Crippen LogP contribution < -0.4 is 0 Å². The molecule has 0 spiro atoms. The van der Waals surface area contributed by atoms with Gasteiger partial charge in [-0.2, -0.15) is 33.7 Å². The zero-order valence-corrected chi connectivity index (χ0v) is 26.8. The predicted octanol–water partition coefficient (Wildman–Crippen LogP) is 8.91. The molecule has 10 heteroatoms. The number of likely N-dealkylation sites (tertiary alicyclic amines) is 1. The fraction of sp³-hybridized carbons (Fsp3) is 0.824. The van der Waals surface area contributed by atoms with Gasteiger partial charge in [0, 0.05) is 23.6 Å². The van der Waals surface area contributed by atoms with E-state index in [1.807, 2.05) is 12.1 Å². The highest BCUT2D eigenvalue weighted by molar-refractivity contribution is 7.99. The molecule has 3 fully saturated rings. The van der Waals surface area contributed by atoms with Gasteiger partial charge in [0.05, 0.1) is 6.10 Å². The number of nitrogens with zero attached hydrogens (tertiary/aromatic N) is 1. The molecule has 2 N–H and O–H groups in total. The fourth-order valence-corrected chi connectivity index (χ4v) is 10.6. The van der Waals surface area contributed by atoms with E-state index < -0.39 is 30.8 Å². The lowest BCUT2D eigenvalue weighted by atomic mass is 9.51. The van der Waals surface area contributed by atoms with Gasteiger partial charge < -0.3 is 10.2 Å². The molecule has 3 aliphatic carbocycles. The lowest BCUT2D eigenvalue weighted by Crippen LogP contribution is -2.51. The molecule has 4 aliphatic rings. The molecule has 1 saturated heterocycles. The third-order valence-corrected chi connectivity index (χ3v) is 13.0. The molecule has 5 rings (SSSR count). The van der Waals surface area contributed by atoms with Gasteiger partial charge in [-0.1, -0.05) is 32.8 Å². The Bertz CT molecular complexity index is 1120. The van der Waals surface area contributed by atoms with Gasteiger partial charge in [-0.15, -0.1) is 0 Å². The number of unbranched alkanes of at least 4 members (excludes halogenated alkanes) is 2. The van der Waals surface area contributed by atoms with Crippen LogP contribution in [0.1, 0.15) is 102 Å². The summed E-state index contributed by atoms with van der Waals surface area (Å²) < 4.78 is 79.8. The first-order valence-corrected chi connectivity index (χ1v) is 17.7. The summed E-state index contributed by atoms with van der Waals surface area (Å²) in [4.78, 5) is 2.46. The standard InChI is InChI=1S/C34H49F6NO2S/c1-21(44-17-7-14-33(36,37)34(38,39)40)28-9-6-16-41(28)15-5-3-4-8-22-18-23-19-24(42)10-11-25(23)31-27(35)20-32(2)26(30(22)31)12-13-29(32)43/h10-11,19,21-22,26-31,42-43H,3-9,12-18,20H2,1-2H3/t21?,22-,26+,27+,28?,29+,30+,31+,32+/m1/s1. The molecular formula is C34H49F6NO2S. The zero-order chi connectivity index (χ0) is 31.9. The van der Waals surface area contributed by atoms with Crippen molar-refractivity contribution in [2.24, 2.45) is 23.2 Å². The zero-order valence-electron chi connectivity index (χ0n) is 26.0. The lowest BCUT2D eigenvalue weighted by Gasteiger charge is -2.54. The minimum atomic E-state index is -5.48. The maximum Gasteiger partial charge on any atom is 0.453 e. The number of aliphatic hydroxyl groups excluding tert-OH is 1. The number of phenolic OH excluding ortho intramolecular Hbond substituents is 1. The molecule has 3 nitrogen and oxygen atoms in total. The van der Waals surface area contributed by atoms with E-state index in [2.05, 4.69) is 18.7 Å². The van der Waals surface area contributed by atoms with Gasteiger partial charge in [-0.3, -0.25) is 4.90 Å². The van der Waals surface area contributed by atoms with Crippen molar-refractivity contribution in [2.45, 2.75) is 132 Å². The number of hydrogen-bond acceptors (Lipinski definition) is 4. The highest BCUT2D eigenvalue weighted by Gasteiger charge is 2.60. The second-order valence-corrected chi connectivity index (χ2v) is 15.8. The monoisotopic (exact) mass is 649 g/mol. The predicted molar refractivity (Wildman–Crippen MR) is 163 cm³/mol. The van der Waals surface area contributed by atoms with Crippen molar-refractivity contribution < 1.29 is 36.6 Å². The van der Waals surface area contributed by atoms with E-state index in [1.165, 1.54) is 11.8 Å². The number of rotatable bonds is 12. The maximum absolute atomic E-state index is 16.0. The van der Waals surface area contributed by atoms with Gasteiger partial charge in [-0.05, 0) is 123 Å². The van der Waals surface area contributed by atoms with Crippen LogP contribution in [0.15, 0.2) is 18.2 Å². The Balaban J connectivity index is 1.12. The van der Waals surface area contributed by atoms with Crippen molar-refractivity contribution in [1.82, 2.24) is 4.90 Å². The molecule has 0 aromatic heterocycles. The van der Waals surface area contributed by atoms with Crippen molar-refractivity contribution in [3.63, 3.8) is 0 Å². The largest absolute Gasteiger partial charge is 0.508 e. The van der Waals surface area contributed by atoms with Crippen LogP contribution in [0.2, 0.25) is 0 Å². The average molecular weight is 650 g/mol. The topological polar surface area (TPSA) is 43.7 Å². The van der Waals surface area contributed by atoms with E-state index >= 15 is 4.39 Å². The van der Waals surface area contributed by atoms with E-state index in [-0.39, 0.29) is 34.7 Å². The Morgan fingerprint density at radius 3 is 2.59 bits per heavy atom. The first-order valence-electron chi connectivity index (χ1n) is 16.7. The molecular weight excluding hydrogens is 600 g/mol. The van der Waals surface area contributed by atoms with Gasteiger partial charge in [-0.25, -0.2) is 4.39 Å². The summed E-state index contributed by atoms with van der Waals surface area (Å²) in [7, 11) is 0. The SMILES string of the molecule is CC(SCCCC(F)(F)C(F)(F)F)C1CCCN1CCCCC[C@@H]1Cc2cc(O)ccc2[C@@H]2[C@@H]1[C@@H]1CC[C@H](O)[C@@]1(C)C[C@@H]2F. The molecule has 1 aromatic carbocycles. The third kappa shape index (κ3) is 6.92. The number of aromatic hydroxyl groups is 1. The second-order valence-electron chi connectivity index (χ2n) is 14.4. The molecule has 0 bridgehead atoms. The molecule has 0 radical (unpaired) electrons. The average Bonchev–Trinajstić information content (AvgIpc) is 3.53. The van der Waals surface area contributed by atoms with Gasteiger partial charge in [0.2, 0.25) is 0 Å². The summed E-state index contributed by atoms with van der Waals surface area (Å²) in [6.45, 7) is 6.06. The highest BCUT2D eigenvalue weighted by atomic mass is 32.2. The third-order valence-electron chi connectivity index (χ3n) is 11.7. The van der Waals surface area contributed by atoms with Crippen molar-refractivity contribution in [1.29, 1.82) is 0 Å². The van der Waals surface area contributed by atoms with Crippen molar-refractivity contribution >= 4 is 11.8 Å². The molecule has 250 valence electrons. The second kappa shape index (κ2) is 13.5. The summed E-state index contributed by atoms with van der Waals surface area (Å²) in [5.41, 5.74) is 1.72.